The fraction of sp³-hybridized carbons (Fsp3) is 0.200. The molecule has 1 aromatic carbocycles. The molecule has 0 heterocycles. The van der Waals surface area contributed by atoms with Crippen molar-refractivity contribution in [3.63, 3.8) is 0 Å². The zero-order valence-corrected chi connectivity index (χ0v) is 10.0. The summed E-state index contributed by atoms with van der Waals surface area (Å²) in [6.45, 7) is 0. The molecule has 0 unspecified atom stereocenters. The van der Waals surface area contributed by atoms with E-state index in [-0.39, 0.29) is 12.1 Å². The highest BCUT2D eigenvalue weighted by Gasteiger charge is 2.41. The van der Waals surface area contributed by atoms with Crippen molar-refractivity contribution in [1.29, 1.82) is 5.26 Å². The molecule has 12 heteroatoms. The van der Waals surface area contributed by atoms with Gasteiger partial charge in [0.05, 0.1) is 16.1 Å². The van der Waals surface area contributed by atoms with Gasteiger partial charge in [-0.1, -0.05) is 0 Å². The van der Waals surface area contributed by atoms with Gasteiger partial charge in [-0.2, -0.15) is 31.6 Å². The monoisotopic (exact) mass is 327 g/mol. The van der Waals surface area contributed by atoms with Crippen LogP contribution in [0.2, 0.25) is 0 Å². The first-order valence-electron chi connectivity index (χ1n) is 5.06. The van der Waals surface area contributed by atoms with E-state index in [2.05, 4.69) is 0 Å². The van der Waals surface area contributed by atoms with Gasteiger partial charge in [-0.15, -0.1) is 0 Å². The summed E-state index contributed by atoms with van der Waals surface area (Å²) in [5.41, 5.74) is -5.47. The van der Waals surface area contributed by atoms with Gasteiger partial charge in [-0.05, 0) is 6.07 Å². The zero-order chi connectivity index (χ0) is 17.3. The number of carbonyl (C=O) groups is 1. The summed E-state index contributed by atoms with van der Waals surface area (Å²) in [4.78, 5) is 20.1. The molecule has 0 aliphatic carbocycles. The van der Waals surface area contributed by atoms with Gasteiger partial charge in [0, 0.05) is 6.07 Å². The first-order chi connectivity index (χ1) is 9.87. The van der Waals surface area contributed by atoms with Crippen molar-refractivity contribution >= 4 is 17.3 Å². The van der Waals surface area contributed by atoms with Gasteiger partial charge < -0.3 is 5.32 Å². The molecule has 0 aromatic heterocycles. The number of rotatable bonds is 2. The summed E-state index contributed by atoms with van der Waals surface area (Å²) < 4.78 is 74.3. The number of nitrogens with one attached hydrogen (secondary N) is 1. The minimum atomic E-state index is -5.46. The third-order valence-electron chi connectivity index (χ3n) is 2.26. The van der Waals surface area contributed by atoms with Crippen LogP contribution in [0.1, 0.15) is 11.1 Å². The van der Waals surface area contributed by atoms with E-state index in [1.807, 2.05) is 0 Å². The Balaban J connectivity index is 3.52. The second kappa shape index (κ2) is 5.51. The molecule has 0 aliphatic heterocycles. The lowest BCUT2D eigenvalue weighted by Crippen LogP contribution is -2.30. The predicted octanol–water partition coefficient (Wildman–Crippen LogP) is 2.99. The van der Waals surface area contributed by atoms with E-state index in [1.54, 1.807) is 0 Å². The smallest absolute Gasteiger partial charge is 0.312 e. The van der Waals surface area contributed by atoms with Gasteiger partial charge in [0.2, 0.25) is 0 Å². The van der Waals surface area contributed by atoms with Crippen LogP contribution in [0.3, 0.4) is 0 Å². The second-order valence-corrected chi connectivity index (χ2v) is 3.73. The Hall–Kier alpha value is -2.84. The summed E-state index contributed by atoms with van der Waals surface area (Å²) in [6.07, 6.45) is -10.6. The highest BCUT2D eigenvalue weighted by Crippen LogP contribution is 2.38. The number of halogens is 6. The number of nitrogens with zero attached hydrogens (tertiary/aromatic N) is 2. The number of hydrogen-bond acceptors (Lipinski definition) is 4. The Kier molecular flexibility index (Phi) is 4.31. The van der Waals surface area contributed by atoms with Crippen molar-refractivity contribution in [1.82, 2.24) is 0 Å². The van der Waals surface area contributed by atoms with E-state index in [0.29, 0.717) is 0 Å². The molecule has 0 spiro atoms. The van der Waals surface area contributed by atoms with Crippen LogP contribution in [0.15, 0.2) is 12.1 Å². The average Bonchev–Trinajstić information content (AvgIpc) is 2.35. The lowest BCUT2D eigenvalue weighted by molar-refractivity contribution is -0.384. The number of nitro benzene ring substituents is 1. The standard InChI is InChI=1S/C10H3F6N3O3/c11-9(12,13)5-2-6(18-8(20)10(14,15)16)7(19(21)22)1-4(5)3-17/h1-2H,(H,18,20). The van der Waals surface area contributed by atoms with E-state index >= 15 is 0 Å². The zero-order valence-electron chi connectivity index (χ0n) is 10.0. The van der Waals surface area contributed by atoms with Crippen LogP contribution in [0, 0.1) is 21.4 Å². The van der Waals surface area contributed by atoms with Crippen molar-refractivity contribution in [2.75, 3.05) is 5.32 Å². The molecule has 1 aromatic rings. The molecule has 1 amide bonds. The molecular formula is C10H3F6N3O3. The van der Waals surface area contributed by atoms with Crippen molar-refractivity contribution in [3.8, 4) is 6.07 Å². The quantitative estimate of drug-likeness (QED) is 0.513. The van der Waals surface area contributed by atoms with Gasteiger partial charge in [-0.3, -0.25) is 14.9 Å². The van der Waals surface area contributed by atoms with Crippen molar-refractivity contribution in [3.05, 3.63) is 33.4 Å². The maximum Gasteiger partial charge on any atom is 0.471 e. The van der Waals surface area contributed by atoms with Crippen molar-refractivity contribution < 1.29 is 36.1 Å². The number of anilines is 1. The summed E-state index contributed by atoms with van der Waals surface area (Å²) in [5.74, 6) is -2.69. The third kappa shape index (κ3) is 3.62. The van der Waals surface area contributed by atoms with Gasteiger partial charge in [-0.25, -0.2) is 0 Å². The molecular weight excluding hydrogens is 324 g/mol. The van der Waals surface area contributed by atoms with Gasteiger partial charge >= 0.3 is 18.3 Å². The van der Waals surface area contributed by atoms with E-state index in [1.165, 1.54) is 0 Å². The molecule has 1 N–H and O–H groups in total. The minimum Gasteiger partial charge on any atom is -0.312 e. The van der Waals surface area contributed by atoms with E-state index in [0.717, 1.165) is 11.4 Å². The first kappa shape index (κ1) is 17.2. The topological polar surface area (TPSA) is 96.0 Å². The Morgan fingerprint density at radius 1 is 1.23 bits per heavy atom. The van der Waals surface area contributed by atoms with Gasteiger partial charge in [0.25, 0.3) is 5.69 Å². The van der Waals surface area contributed by atoms with Crippen LogP contribution in [0.5, 0.6) is 0 Å². The van der Waals surface area contributed by atoms with Crippen LogP contribution >= 0.6 is 0 Å². The van der Waals surface area contributed by atoms with E-state index in [9.17, 15) is 41.3 Å². The summed E-state index contributed by atoms with van der Waals surface area (Å²) >= 11 is 0. The Morgan fingerprint density at radius 3 is 2.14 bits per heavy atom. The second-order valence-electron chi connectivity index (χ2n) is 3.73. The molecule has 0 aliphatic rings. The molecule has 6 nitrogen and oxygen atoms in total. The van der Waals surface area contributed by atoms with Crippen molar-refractivity contribution in [2.24, 2.45) is 0 Å². The molecule has 1 rings (SSSR count). The van der Waals surface area contributed by atoms with E-state index in [4.69, 9.17) is 5.26 Å². The molecule has 22 heavy (non-hydrogen) atoms. The minimum absolute atomic E-state index is 0.0969. The normalized spacial score (nSPS) is 11.7. The lowest BCUT2D eigenvalue weighted by atomic mass is 10.1. The number of amides is 1. The maximum absolute atomic E-state index is 12.7. The Bertz CT molecular complexity index is 674. The molecule has 0 bridgehead atoms. The highest BCUT2D eigenvalue weighted by molar-refractivity contribution is 5.97. The number of benzene rings is 1. The van der Waals surface area contributed by atoms with Crippen LogP contribution in [-0.4, -0.2) is 17.0 Å². The van der Waals surface area contributed by atoms with Gasteiger partial charge in [0.15, 0.2) is 0 Å². The molecule has 0 saturated carbocycles. The Labute approximate surface area is 117 Å². The third-order valence-corrected chi connectivity index (χ3v) is 2.26. The number of nitriles is 1. The van der Waals surface area contributed by atoms with Crippen molar-refractivity contribution in [2.45, 2.75) is 12.4 Å². The van der Waals surface area contributed by atoms with Crippen LogP contribution in [0.4, 0.5) is 37.7 Å². The summed E-state index contributed by atoms with van der Waals surface area (Å²) in [7, 11) is 0. The fourth-order valence-electron chi connectivity index (χ4n) is 1.36. The highest BCUT2D eigenvalue weighted by atomic mass is 19.4. The summed E-state index contributed by atoms with van der Waals surface area (Å²) in [5, 5.41) is 20.2. The SMILES string of the molecule is N#Cc1cc([N+](=O)[O-])c(NC(=O)C(F)(F)F)cc1C(F)(F)F. The predicted molar refractivity (Wildman–Crippen MR) is 57.5 cm³/mol. The maximum atomic E-state index is 12.7. The van der Waals surface area contributed by atoms with Crippen LogP contribution < -0.4 is 5.32 Å². The largest absolute Gasteiger partial charge is 0.471 e. The molecule has 0 saturated heterocycles. The summed E-state index contributed by atoms with van der Waals surface area (Å²) in [6, 6.07) is 1.09. The lowest BCUT2D eigenvalue weighted by Gasteiger charge is -2.13. The molecule has 118 valence electrons. The first-order valence-corrected chi connectivity index (χ1v) is 5.06. The molecule has 0 radical (unpaired) electrons. The van der Waals surface area contributed by atoms with Crippen LogP contribution in [0.25, 0.3) is 0 Å². The number of alkyl halides is 6. The van der Waals surface area contributed by atoms with Crippen LogP contribution in [-0.2, 0) is 11.0 Å². The number of carbonyl (C=O) groups excluding carboxylic acids is 1. The molecule has 0 fully saturated rings. The fourth-order valence-corrected chi connectivity index (χ4v) is 1.36. The number of hydrogen-bond donors (Lipinski definition) is 1. The number of nitro groups is 1. The van der Waals surface area contributed by atoms with Gasteiger partial charge in [0.1, 0.15) is 11.8 Å². The molecule has 0 atom stereocenters. The average molecular weight is 327 g/mol. The Morgan fingerprint density at radius 2 is 1.77 bits per heavy atom. The van der Waals surface area contributed by atoms with E-state index < -0.39 is 45.7 Å².